The van der Waals surface area contributed by atoms with E-state index in [1.165, 1.54) is 0 Å². The number of rotatable bonds is 3. The normalized spacial score (nSPS) is 30.2. The zero-order valence-corrected chi connectivity index (χ0v) is 11.7. The van der Waals surface area contributed by atoms with E-state index in [4.69, 9.17) is 9.25 Å². The van der Waals surface area contributed by atoms with E-state index in [1.54, 1.807) is 35.0 Å². The van der Waals surface area contributed by atoms with Crippen LogP contribution < -0.4 is 0 Å². The van der Waals surface area contributed by atoms with Gasteiger partial charge in [0.15, 0.2) is 0 Å². The summed E-state index contributed by atoms with van der Waals surface area (Å²) in [4.78, 5) is 5.43. The van der Waals surface area contributed by atoms with Gasteiger partial charge in [0.05, 0.1) is 25.2 Å². The van der Waals surface area contributed by atoms with E-state index in [-0.39, 0.29) is 12.6 Å². The molecule has 0 spiro atoms. The van der Waals surface area contributed by atoms with Crippen molar-refractivity contribution >= 4 is 10.0 Å². The van der Waals surface area contributed by atoms with Crippen LogP contribution in [-0.2, 0) is 14.9 Å². The van der Waals surface area contributed by atoms with Gasteiger partial charge in [-0.05, 0) is 18.9 Å². The van der Waals surface area contributed by atoms with E-state index in [2.05, 4.69) is 0 Å². The summed E-state index contributed by atoms with van der Waals surface area (Å²) in [6.07, 6.45) is 5.03. The highest BCUT2D eigenvalue weighted by atomic mass is 32.2. The highest BCUT2D eigenvalue weighted by molar-refractivity contribution is 7.89. The summed E-state index contributed by atoms with van der Waals surface area (Å²) < 4.78 is 32.0. The van der Waals surface area contributed by atoms with Crippen molar-refractivity contribution in [2.24, 2.45) is 0 Å². The Morgan fingerprint density at radius 2 is 2.05 bits per heavy atom. The van der Waals surface area contributed by atoms with Crippen LogP contribution in [0, 0.1) is 0 Å². The minimum Gasteiger partial charge on any atom is -0.472 e. The zero-order valence-electron chi connectivity index (χ0n) is 10.9. The Bertz CT molecular complexity index is 522. The highest BCUT2D eigenvalue weighted by Gasteiger charge is 2.46. The molecule has 3 heterocycles. The first-order chi connectivity index (χ1) is 9.10. The third-order valence-corrected chi connectivity index (χ3v) is 6.12. The van der Waals surface area contributed by atoms with Crippen molar-refractivity contribution in [3.63, 3.8) is 0 Å². The Kier molecular flexibility index (Phi) is 3.38. The van der Waals surface area contributed by atoms with Gasteiger partial charge in [0.1, 0.15) is 5.25 Å². The van der Waals surface area contributed by atoms with Gasteiger partial charge in [0.25, 0.3) is 0 Å². The van der Waals surface area contributed by atoms with E-state index in [0.717, 1.165) is 18.4 Å². The molecule has 1 aromatic heterocycles. The fraction of sp³-hybridized carbons (Fsp3) is 0.667. The monoisotopic (exact) mass is 286 g/mol. The lowest BCUT2D eigenvalue weighted by Gasteiger charge is -2.25. The molecule has 2 saturated heterocycles. The molecule has 106 valence electrons. The van der Waals surface area contributed by atoms with Crippen LogP contribution in [0.15, 0.2) is 23.0 Å². The van der Waals surface area contributed by atoms with Crippen LogP contribution in [0.5, 0.6) is 0 Å². The van der Waals surface area contributed by atoms with Crippen molar-refractivity contribution in [2.75, 3.05) is 26.7 Å². The van der Waals surface area contributed by atoms with Gasteiger partial charge in [0.2, 0.25) is 10.0 Å². The second-order valence-corrected chi connectivity index (χ2v) is 7.18. The number of nitrogens with zero attached hydrogens (tertiary/aromatic N) is 2. The summed E-state index contributed by atoms with van der Waals surface area (Å²) in [5, 5.41) is 1.05. The molecule has 2 atom stereocenters. The van der Waals surface area contributed by atoms with Gasteiger partial charge in [-0.3, -0.25) is 4.84 Å². The van der Waals surface area contributed by atoms with Gasteiger partial charge in [-0.25, -0.2) is 12.7 Å². The predicted molar refractivity (Wildman–Crippen MR) is 68.7 cm³/mol. The fourth-order valence-electron chi connectivity index (χ4n) is 2.85. The molecule has 0 N–H and O–H groups in total. The molecule has 19 heavy (non-hydrogen) atoms. The molecule has 6 nitrogen and oxygen atoms in total. The minimum atomic E-state index is -3.32. The van der Waals surface area contributed by atoms with E-state index < -0.39 is 15.3 Å². The van der Waals surface area contributed by atoms with E-state index in [9.17, 15) is 8.42 Å². The molecule has 2 aliphatic rings. The van der Waals surface area contributed by atoms with Gasteiger partial charge in [0, 0.05) is 25.7 Å². The van der Waals surface area contributed by atoms with Crippen LogP contribution in [0.4, 0.5) is 0 Å². The zero-order chi connectivity index (χ0) is 13.5. The summed E-state index contributed by atoms with van der Waals surface area (Å²) in [5.74, 6) is 0. The number of furan rings is 1. The number of sulfonamides is 1. The Balaban J connectivity index is 1.90. The summed E-state index contributed by atoms with van der Waals surface area (Å²) in [5.41, 5.74) is 0.841. The fourth-order valence-corrected chi connectivity index (χ4v) is 4.88. The molecule has 0 saturated carbocycles. The molecule has 2 fully saturated rings. The van der Waals surface area contributed by atoms with Crippen LogP contribution in [-0.4, -0.2) is 49.8 Å². The molecule has 0 amide bonds. The molecule has 3 rings (SSSR count). The molecule has 0 aromatic carbocycles. The third-order valence-electron chi connectivity index (χ3n) is 3.88. The van der Waals surface area contributed by atoms with Crippen LogP contribution in [0.3, 0.4) is 0 Å². The van der Waals surface area contributed by atoms with Crippen molar-refractivity contribution < 1.29 is 17.7 Å². The van der Waals surface area contributed by atoms with E-state index >= 15 is 0 Å². The lowest BCUT2D eigenvalue weighted by atomic mass is 10.1. The van der Waals surface area contributed by atoms with Crippen LogP contribution >= 0.6 is 0 Å². The van der Waals surface area contributed by atoms with Crippen molar-refractivity contribution in [1.82, 2.24) is 9.37 Å². The molecule has 1 aromatic rings. The summed E-state index contributed by atoms with van der Waals surface area (Å²) >= 11 is 0. The second kappa shape index (κ2) is 4.90. The van der Waals surface area contributed by atoms with Crippen LogP contribution in [0.1, 0.15) is 24.4 Å². The molecule has 0 aliphatic carbocycles. The first kappa shape index (κ1) is 13.1. The van der Waals surface area contributed by atoms with Crippen LogP contribution in [0.25, 0.3) is 0 Å². The average Bonchev–Trinajstić information content (AvgIpc) is 3.10. The molecular weight excluding hydrogens is 268 g/mol. The van der Waals surface area contributed by atoms with Crippen molar-refractivity contribution in [1.29, 1.82) is 0 Å². The molecule has 2 aliphatic heterocycles. The summed E-state index contributed by atoms with van der Waals surface area (Å²) in [6.45, 7) is 1.45. The maximum Gasteiger partial charge on any atom is 0.221 e. The summed E-state index contributed by atoms with van der Waals surface area (Å²) in [6, 6.07) is 1.49. The second-order valence-electron chi connectivity index (χ2n) is 5.03. The van der Waals surface area contributed by atoms with Crippen LogP contribution in [0.2, 0.25) is 0 Å². The van der Waals surface area contributed by atoms with Gasteiger partial charge in [-0.15, -0.1) is 0 Å². The predicted octanol–water partition coefficient (Wildman–Crippen LogP) is 0.992. The smallest absolute Gasteiger partial charge is 0.221 e. The number of hydrogen-bond donors (Lipinski definition) is 0. The van der Waals surface area contributed by atoms with Gasteiger partial charge in [-0.1, -0.05) is 0 Å². The average molecular weight is 286 g/mol. The molecule has 0 bridgehead atoms. The molecule has 7 heteroatoms. The van der Waals surface area contributed by atoms with Crippen molar-refractivity contribution in [2.45, 2.75) is 24.1 Å². The molecule has 2 unspecified atom stereocenters. The van der Waals surface area contributed by atoms with Gasteiger partial charge in [-0.2, -0.15) is 5.06 Å². The minimum absolute atomic E-state index is 0.200. The lowest BCUT2D eigenvalue weighted by molar-refractivity contribution is -0.110. The molecular formula is C12H18N2O4S. The van der Waals surface area contributed by atoms with Gasteiger partial charge < -0.3 is 4.42 Å². The SMILES string of the molecule is CN1OCC(S(=O)(=O)N2CCCC2)C1c1ccoc1. The Morgan fingerprint density at radius 3 is 2.68 bits per heavy atom. The lowest BCUT2D eigenvalue weighted by Crippen LogP contribution is -2.40. The Labute approximate surface area is 112 Å². The Hall–Kier alpha value is -0.890. The van der Waals surface area contributed by atoms with E-state index in [1.807, 2.05) is 0 Å². The highest BCUT2D eigenvalue weighted by Crippen LogP contribution is 2.35. The van der Waals surface area contributed by atoms with Gasteiger partial charge >= 0.3 is 0 Å². The largest absolute Gasteiger partial charge is 0.472 e. The number of hydrogen-bond acceptors (Lipinski definition) is 5. The van der Waals surface area contributed by atoms with Crippen molar-refractivity contribution in [3.05, 3.63) is 24.2 Å². The topological polar surface area (TPSA) is 63.0 Å². The first-order valence-corrected chi connectivity index (χ1v) is 7.98. The maximum atomic E-state index is 12.7. The maximum absolute atomic E-state index is 12.7. The summed E-state index contributed by atoms with van der Waals surface area (Å²) in [7, 11) is -1.56. The van der Waals surface area contributed by atoms with E-state index in [0.29, 0.717) is 13.1 Å². The third kappa shape index (κ3) is 2.20. The quantitative estimate of drug-likeness (QED) is 0.829. The standard InChI is InChI=1S/C12H18N2O4S/c1-13-12(10-4-7-17-8-10)11(9-18-13)19(15,16)14-5-2-3-6-14/h4,7-8,11-12H,2-3,5-6,9H2,1H3. The first-order valence-electron chi connectivity index (χ1n) is 6.47. The number of hydroxylamine groups is 2. The Morgan fingerprint density at radius 1 is 1.32 bits per heavy atom. The molecule has 0 radical (unpaired) electrons. The van der Waals surface area contributed by atoms with Crippen molar-refractivity contribution in [3.8, 4) is 0 Å².